The lowest BCUT2D eigenvalue weighted by Crippen LogP contribution is -1.92. The molecule has 0 aliphatic carbocycles. The molecule has 0 unspecified atom stereocenters. The van der Waals surface area contributed by atoms with Crippen molar-refractivity contribution in [3.63, 3.8) is 0 Å². The van der Waals surface area contributed by atoms with Gasteiger partial charge in [0.05, 0.1) is 6.20 Å². The normalized spacial score (nSPS) is 10.5. The highest BCUT2D eigenvalue weighted by molar-refractivity contribution is 5.94. The number of hydrogen-bond acceptors (Lipinski definition) is 3. The van der Waals surface area contributed by atoms with Crippen LogP contribution in [0.25, 0.3) is 11.5 Å². The molecule has 0 saturated heterocycles. The van der Waals surface area contributed by atoms with Gasteiger partial charge in [-0.05, 0) is 24.6 Å². The zero-order chi connectivity index (χ0) is 14.7. The van der Waals surface area contributed by atoms with Gasteiger partial charge in [-0.2, -0.15) is 0 Å². The van der Waals surface area contributed by atoms with Crippen LogP contribution in [-0.4, -0.2) is 10.8 Å². The monoisotopic (exact) mass is 277 g/mol. The summed E-state index contributed by atoms with van der Waals surface area (Å²) in [6.45, 7) is 1.57. The Labute approximate surface area is 123 Å². The van der Waals surface area contributed by atoms with Crippen LogP contribution >= 0.6 is 0 Å². The Morgan fingerprint density at radius 3 is 2.43 bits per heavy atom. The van der Waals surface area contributed by atoms with Crippen molar-refractivity contribution in [2.24, 2.45) is 0 Å². The van der Waals surface area contributed by atoms with E-state index in [1.54, 1.807) is 13.1 Å². The molecule has 3 aromatic rings. The third-order valence-electron chi connectivity index (χ3n) is 3.31. The topological polar surface area (TPSA) is 43.1 Å². The van der Waals surface area contributed by atoms with Crippen LogP contribution < -0.4 is 0 Å². The SMILES string of the molecule is CC(=O)c1ccc(Cc2cnc(-c3ccccc3)o2)cc1. The van der Waals surface area contributed by atoms with Gasteiger partial charge < -0.3 is 4.42 Å². The van der Waals surface area contributed by atoms with E-state index in [4.69, 9.17) is 4.42 Å². The van der Waals surface area contributed by atoms with Gasteiger partial charge in [0.2, 0.25) is 5.89 Å². The van der Waals surface area contributed by atoms with E-state index < -0.39 is 0 Å². The first-order chi connectivity index (χ1) is 10.2. The summed E-state index contributed by atoms with van der Waals surface area (Å²) in [6.07, 6.45) is 2.42. The van der Waals surface area contributed by atoms with Crippen LogP contribution in [0.5, 0.6) is 0 Å². The second-order valence-electron chi connectivity index (χ2n) is 4.93. The fourth-order valence-electron chi connectivity index (χ4n) is 2.16. The number of Topliss-reactive ketones (excluding diaryl/α,β-unsaturated/α-hetero) is 1. The molecule has 0 N–H and O–H groups in total. The van der Waals surface area contributed by atoms with Gasteiger partial charge in [-0.1, -0.05) is 42.5 Å². The van der Waals surface area contributed by atoms with Crippen LogP contribution in [0.3, 0.4) is 0 Å². The first-order valence-corrected chi connectivity index (χ1v) is 6.82. The number of benzene rings is 2. The fourth-order valence-corrected chi connectivity index (χ4v) is 2.16. The molecule has 3 heteroatoms. The van der Waals surface area contributed by atoms with Crippen LogP contribution in [-0.2, 0) is 6.42 Å². The molecule has 2 aromatic carbocycles. The average Bonchev–Trinajstić information content (AvgIpc) is 2.97. The molecule has 0 aliphatic rings. The Kier molecular flexibility index (Phi) is 3.65. The van der Waals surface area contributed by atoms with Gasteiger partial charge >= 0.3 is 0 Å². The zero-order valence-corrected chi connectivity index (χ0v) is 11.7. The number of carbonyl (C=O) groups is 1. The molecule has 0 saturated carbocycles. The van der Waals surface area contributed by atoms with Gasteiger partial charge in [0.15, 0.2) is 5.78 Å². The molecule has 1 aromatic heterocycles. The van der Waals surface area contributed by atoms with Crippen molar-refractivity contribution in [2.45, 2.75) is 13.3 Å². The van der Waals surface area contributed by atoms with Gasteiger partial charge in [-0.15, -0.1) is 0 Å². The second-order valence-corrected chi connectivity index (χ2v) is 4.93. The number of aromatic nitrogens is 1. The quantitative estimate of drug-likeness (QED) is 0.673. The van der Waals surface area contributed by atoms with Crippen molar-refractivity contribution in [1.82, 2.24) is 4.98 Å². The van der Waals surface area contributed by atoms with E-state index >= 15 is 0 Å². The van der Waals surface area contributed by atoms with Crippen LogP contribution in [0.2, 0.25) is 0 Å². The largest absolute Gasteiger partial charge is 0.441 e. The molecule has 1 heterocycles. The summed E-state index contributed by atoms with van der Waals surface area (Å²) in [4.78, 5) is 15.6. The third-order valence-corrected chi connectivity index (χ3v) is 3.31. The van der Waals surface area contributed by atoms with E-state index in [0.29, 0.717) is 12.3 Å². The lowest BCUT2D eigenvalue weighted by molar-refractivity contribution is 0.101. The first kappa shape index (κ1) is 13.3. The van der Waals surface area contributed by atoms with Crippen LogP contribution in [0.4, 0.5) is 0 Å². The Bertz CT molecular complexity index is 742. The summed E-state index contributed by atoms with van der Waals surface area (Å²) in [6, 6.07) is 17.4. The summed E-state index contributed by atoms with van der Waals surface area (Å²) >= 11 is 0. The summed E-state index contributed by atoms with van der Waals surface area (Å²) < 4.78 is 5.77. The molecule has 0 amide bonds. The highest BCUT2D eigenvalue weighted by Crippen LogP contribution is 2.20. The lowest BCUT2D eigenvalue weighted by Gasteiger charge is -2.00. The van der Waals surface area contributed by atoms with E-state index in [0.717, 1.165) is 22.5 Å². The molecule has 0 spiro atoms. The van der Waals surface area contributed by atoms with Crippen molar-refractivity contribution in [3.8, 4) is 11.5 Å². The molecule has 0 atom stereocenters. The highest BCUT2D eigenvalue weighted by atomic mass is 16.4. The summed E-state index contributed by atoms with van der Waals surface area (Å²) in [5, 5.41) is 0. The Morgan fingerprint density at radius 2 is 1.76 bits per heavy atom. The molecular formula is C18H15NO2. The van der Waals surface area contributed by atoms with Gasteiger partial charge in [0.1, 0.15) is 5.76 Å². The number of ketones is 1. The van der Waals surface area contributed by atoms with Crippen molar-refractivity contribution >= 4 is 5.78 Å². The molecule has 0 fully saturated rings. The summed E-state index contributed by atoms with van der Waals surface area (Å²) in [5.74, 6) is 1.52. The molecule has 21 heavy (non-hydrogen) atoms. The standard InChI is InChI=1S/C18H15NO2/c1-13(20)15-9-7-14(8-10-15)11-17-12-19-18(21-17)16-5-3-2-4-6-16/h2-10,12H,11H2,1H3. The van der Waals surface area contributed by atoms with Gasteiger partial charge in [-0.3, -0.25) is 4.79 Å². The number of oxazole rings is 1. The minimum absolute atomic E-state index is 0.0765. The van der Waals surface area contributed by atoms with Crippen LogP contribution in [0, 0.1) is 0 Å². The maximum atomic E-state index is 11.2. The van der Waals surface area contributed by atoms with Crippen LogP contribution in [0.1, 0.15) is 28.6 Å². The van der Waals surface area contributed by atoms with E-state index in [9.17, 15) is 4.79 Å². The molecule has 104 valence electrons. The molecule has 0 bridgehead atoms. The van der Waals surface area contributed by atoms with Crippen LogP contribution in [0.15, 0.2) is 65.2 Å². The number of carbonyl (C=O) groups excluding carboxylic acids is 1. The van der Waals surface area contributed by atoms with E-state index in [1.165, 1.54) is 0 Å². The minimum Gasteiger partial charge on any atom is -0.441 e. The molecule has 0 radical (unpaired) electrons. The minimum atomic E-state index is 0.0765. The van der Waals surface area contributed by atoms with Gasteiger partial charge in [0, 0.05) is 17.5 Å². The van der Waals surface area contributed by atoms with E-state index in [2.05, 4.69) is 4.98 Å². The van der Waals surface area contributed by atoms with E-state index in [-0.39, 0.29) is 5.78 Å². The van der Waals surface area contributed by atoms with Crippen molar-refractivity contribution in [1.29, 1.82) is 0 Å². The maximum Gasteiger partial charge on any atom is 0.226 e. The predicted octanol–water partition coefficient (Wildman–Crippen LogP) is 4.14. The van der Waals surface area contributed by atoms with E-state index in [1.807, 2.05) is 54.6 Å². The average molecular weight is 277 g/mol. The lowest BCUT2D eigenvalue weighted by atomic mass is 10.1. The molecule has 3 rings (SSSR count). The predicted molar refractivity (Wildman–Crippen MR) is 81.2 cm³/mol. The zero-order valence-electron chi connectivity index (χ0n) is 11.7. The summed E-state index contributed by atoms with van der Waals surface area (Å²) in [5.41, 5.74) is 2.78. The Morgan fingerprint density at radius 1 is 1.05 bits per heavy atom. The van der Waals surface area contributed by atoms with Gasteiger partial charge in [0.25, 0.3) is 0 Å². The molecule has 0 aliphatic heterocycles. The smallest absolute Gasteiger partial charge is 0.226 e. The molecule has 3 nitrogen and oxygen atoms in total. The third kappa shape index (κ3) is 3.08. The second kappa shape index (κ2) is 5.75. The summed E-state index contributed by atoms with van der Waals surface area (Å²) in [7, 11) is 0. The number of nitrogens with zero attached hydrogens (tertiary/aromatic N) is 1. The number of rotatable bonds is 4. The fraction of sp³-hybridized carbons (Fsp3) is 0.111. The number of hydrogen-bond donors (Lipinski definition) is 0. The first-order valence-electron chi connectivity index (χ1n) is 6.82. The maximum absolute atomic E-state index is 11.2. The van der Waals surface area contributed by atoms with Gasteiger partial charge in [-0.25, -0.2) is 4.98 Å². The van der Waals surface area contributed by atoms with Crippen molar-refractivity contribution in [3.05, 3.63) is 77.7 Å². The Hall–Kier alpha value is -2.68. The Balaban J connectivity index is 1.77. The van der Waals surface area contributed by atoms with Crippen molar-refractivity contribution in [2.75, 3.05) is 0 Å². The highest BCUT2D eigenvalue weighted by Gasteiger charge is 2.07. The molecular weight excluding hydrogens is 262 g/mol. The van der Waals surface area contributed by atoms with Crippen molar-refractivity contribution < 1.29 is 9.21 Å².